The van der Waals surface area contributed by atoms with Crippen molar-refractivity contribution in [2.75, 3.05) is 0 Å². The summed E-state index contributed by atoms with van der Waals surface area (Å²) >= 11 is 0. The van der Waals surface area contributed by atoms with Gasteiger partial charge < -0.3 is 0 Å². The fourth-order valence-electron chi connectivity index (χ4n) is 5.94. The van der Waals surface area contributed by atoms with Gasteiger partial charge in [0, 0.05) is 0 Å². The van der Waals surface area contributed by atoms with E-state index in [4.69, 9.17) is 0 Å². The van der Waals surface area contributed by atoms with E-state index in [-0.39, 0.29) is 0 Å². The molecule has 138 valence electrons. The van der Waals surface area contributed by atoms with Crippen LogP contribution in [-0.4, -0.2) is 0 Å². The molecule has 3 fully saturated rings. The molecule has 0 aromatic carbocycles. The molecule has 24 heavy (non-hydrogen) atoms. The minimum absolute atomic E-state index is 0.893. The molecule has 3 aliphatic carbocycles. The number of hydrogen-bond acceptors (Lipinski definition) is 0. The van der Waals surface area contributed by atoms with E-state index in [9.17, 15) is 0 Å². The third-order valence-corrected chi connectivity index (χ3v) is 7.63. The van der Waals surface area contributed by atoms with Crippen LogP contribution in [0, 0.1) is 29.6 Å². The molecule has 0 N–H and O–H groups in total. The monoisotopic (exact) mass is 330 g/mol. The number of hydrogen-bond donors (Lipinski definition) is 0. The van der Waals surface area contributed by atoms with Crippen LogP contribution >= 0.6 is 0 Å². The van der Waals surface area contributed by atoms with E-state index in [1.165, 1.54) is 103 Å². The van der Waals surface area contributed by atoms with E-state index in [0.717, 1.165) is 29.6 Å². The minimum atomic E-state index is 0.893. The molecular formula is C24H42. The summed E-state index contributed by atoms with van der Waals surface area (Å²) in [5.41, 5.74) is 0. The van der Waals surface area contributed by atoms with Crippen LogP contribution in [0.1, 0.15) is 110 Å². The zero-order valence-electron chi connectivity index (χ0n) is 16.4. The maximum Gasteiger partial charge on any atom is -0.0202 e. The molecule has 0 heterocycles. The van der Waals surface area contributed by atoms with Crippen molar-refractivity contribution in [1.29, 1.82) is 0 Å². The largest absolute Gasteiger partial charge is 0.0851 e. The van der Waals surface area contributed by atoms with Gasteiger partial charge in [-0.1, -0.05) is 89.7 Å². The molecular weight excluding hydrogens is 288 g/mol. The van der Waals surface area contributed by atoms with Crippen LogP contribution in [0.5, 0.6) is 0 Å². The molecule has 3 rings (SSSR count). The van der Waals surface area contributed by atoms with Crippen molar-refractivity contribution in [3.8, 4) is 0 Å². The normalized spacial score (nSPS) is 28.2. The van der Waals surface area contributed by atoms with Crippen LogP contribution in [0.2, 0.25) is 0 Å². The van der Waals surface area contributed by atoms with Crippen LogP contribution < -0.4 is 0 Å². The van der Waals surface area contributed by atoms with E-state index in [0.29, 0.717) is 0 Å². The lowest BCUT2D eigenvalue weighted by Gasteiger charge is -2.34. The predicted molar refractivity (Wildman–Crippen MR) is 106 cm³/mol. The van der Waals surface area contributed by atoms with Crippen molar-refractivity contribution in [2.45, 2.75) is 110 Å². The molecule has 0 bridgehead atoms. The Morgan fingerprint density at radius 3 is 1.75 bits per heavy atom. The fourth-order valence-corrected chi connectivity index (χ4v) is 5.94. The highest BCUT2D eigenvalue weighted by molar-refractivity contribution is 4.97. The first-order valence-corrected chi connectivity index (χ1v) is 11.5. The molecule has 2 atom stereocenters. The van der Waals surface area contributed by atoms with Gasteiger partial charge in [-0.2, -0.15) is 0 Å². The molecule has 0 radical (unpaired) electrons. The average molecular weight is 331 g/mol. The van der Waals surface area contributed by atoms with Gasteiger partial charge in [-0.3, -0.25) is 0 Å². The van der Waals surface area contributed by atoms with Crippen LogP contribution in [0.3, 0.4) is 0 Å². The van der Waals surface area contributed by atoms with Crippen LogP contribution in [0.15, 0.2) is 12.2 Å². The SMILES string of the molecule is CC(CC(/C=C/C1CCCCC1)C1CCCCC1)C1CCCCC1. The summed E-state index contributed by atoms with van der Waals surface area (Å²) in [5, 5.41) is 0. The first kappa shape index (κ1) is 18.5. The minimum Gasteiger partial charge on any atom is -0.0851 e. The number of allylic oxidation sites excluding steroid dienone is 2. The van der Waals surface area contributed by atoms with Gasteiger partial charge >= 0.3 is 0 Å². The molecule has 3 aliphatic rings. The van der Waals surface area contributed by atoms with Crippen molar-refractivity contribution in [2.24, 2.45) is 29.6 Å². The summed E-state index contributed by atoms with van der Waals surface area (Å²) in [6, 6.07) is 0. The van der Waals surface area contributed by atoms with Crippen molar-refractivity contribution in [1.82, 2.24) is 0 Å². The summed E-state index contributed by atoms with van der Waals surface area (Å²) < 4.78 is 0. The average Bonchev–Trinajstić information content (AvgIpc) is 2.67. The lowest BCUT2D eigenvalue weighted by atomic mass is 9.71. The Balaban J connectivity index is 1.58. The van der Waals surface area contributed by atoms with Crippen LogP contribution in [0.4, 0.5) is 0 Å². The maximum atomic E-state index is 2.73. The maximum absolute atomic E-state index is 2.73. The van der Waals surface area contributed by atoms with Crippen molar-refractivity contribution in [3.63, 3.8) is 0 Å². The first-order valence-electron chi connectivity index (χ1n) is 11.5. The Labute approximate surface area is 151 Å². The van der Waals surface area contributed by atoms with Crippen molar-refractivity contribution in [3.05, 3.63) is 12.2 Å². The van der Waals surface area contributed by atoms with Gasteiger partial charge in [0.15, 0.2) is 0 Å². The summed E-state index contributed by atoms with van der Waals surface area (Å²) in [6.45, 7) is 2.58. The second-order valence-corrected chi connectivity index (χ2v) is 9.46. The summed E-state index contributed by atoms with van der Waals surface area (Å²) in [4.78, 5) is 0. The highest BCUT2D eigenvalue weighted by atomic mass is 14.3. The summed E-state index contributed by atoms with van der Waals surface area (Å²) in [6.07, 6.45) is 29.3. The molecule has 0 nitrogen and oxygen atoms in total. The second-order valence-electron chi connectivity index (χ2n) is 9.46. The third kappa shape index (κ3) is 5.63. The number of rotatable bonds is 6. The quantitative estimate of drug-likeness (QED) is 0.434. The highest BCUT2D eigenvalue weighted by Crippen LogP contribution is 2.39. The van der Waals surface area contributed by atoms with Crippen LogP contribution in [-0.2, 0) is 0 Å². The topological polar surface area (TPSA) is 0 Å². The van der Waals surface area contributed by atoms with Gasteiger partial charge in [-0.25, -0.2) is 0 Å². The smallest absolute Gasteiger partial charge is 0.0202 e. The van der Waals surface area contributed by atoms with E-state index in [1.807, 2.05) is 0 Å². The van der Waals surface area contributed by atoms with Gasteiger partial charge in [0.25, 0.3) is 0 Å². The standard InChI is InChI=1S/C24H42/c1-20(22-13-7-3-8-14-22)19-24(23-15-9-4-10-16-23)18-17-21-11-5-2-6-12-21/h17-18,20-24H,2-16,19H2,1H3/b18-17+. The van der Waals surface area contributed by atoms with E-state index >= 15 is 0 Å². The fraction of sp³-hybridized carbons (Fsp3) is 0.917. The molecule has 3 saturated carbocycles. The molecule has 0 aromatic rings. The Kier molecular flexibility index (Phi) is 7.74. The molecule has 0 aromatic heterocycles. The molecule has 0 aliphatic heterocycles. The Morgan fingerprint density at radius 2 is 1.17 bits per heavy atom. The van der Waals surface area contributed by atoms with Gasteiger partial charge in [0.1, 0.15) is 0 Å². The lowest BCUT2D eigenvalue weighted by Crippen LogP contribution is -2.23. The molecule has 0 saturated heterocycles. The van der Waals surface area contributed by atoms with Gasteiger partial charge in [0.05, 0.1) is 0 Å². The highest BCUT2D eigenvalue weighted by Gasteiger charge is 2.27. The third-order valence-electron chi connectivity index (χ3n) is 7.63. The van der Waals surface area contributed by atoms with Gasteiger partial charge in [0.2, 0.25) is 0 Å². The molecule has 2 unspecified atom stereocenters. The van der Waals surface area contributed by atoms with Crippen molar-refractivity contribution < 1.29 is 0 Å². The second kappa shape index (κ2) is 10.0. The van der Waals surface area contributed by atoms with Crippen LogP contribution in [0.25, 0.3) is 0 Å². The van der Waals surface area contributed by atoms with E-state index in [1.54, 1.807) is 0 Å². The Hall–Kier alpha value is -0.260. The molecule has 0 spiro atoms. The zero-order valence-corrected chi connectivity index (χ0v) is 16.4. The van der Waals surface area contributed by atoms with Gasteiger partial charge in [-0.05, 0) is 61.7 Å². The molecule has 0 heteroatoms. The summed E-state index contributed by atoms with van der Waals surface area (Å²) in [5.74, 6) is 4.80. The predicted octanol–water partition coefficient (Wildman–Crippen LogP) is 7.93. The lowest BCUT2D eigenvalue weighted by molar-refractivity contribution is 0.193. The Bertz CT molecular complexity index is 350. The van der Waals surface area contributed by atoms with Gasteiger partial charge in [-0.15, -0.1) is 0 Å². The summed E-state index contributed by atoms with van der Waals surface area (Å²) in [7, 11) is 0. The van der Waals surface area contributed by atoms with Crippen molar-refractivity contribution >= 4 is 0 Å². The van der Waals surface area contributed by atoms with E-state index in [2.05, 4.69) is 19.1 Å². The molecule has 0 amide bonds. The first-order chi connectivity index (χ1) is 11.8. The van der Waals surface area contributed by atoms with E-state index < -0.39 is 0 Å². The Morgan fingerprint density at radius 1 is 0.667 bits per heavy atom. The zero-order chi connectivity index (χ0) is 16.6.